The third-order valence-corrected chi connectivity index (χ3v) is 5.41. The van der Waals surface area contributed by atoms with E-state index in [0.717, 1.165) is 24.8 Å². The minimum absolute atomic E-state index is 0.169. The summed E-state index contributed by atoms with van der Waals surface area (Å²) in [5.41, 5.74) is 7.45. The van der Waals surface area contributed by atoms with Crippen LogP contribution in [-0.4, -0.2) is 11.7 Å². The lowest BCUT2D eigenvalue weighted by Gasteiger charge is -2.45. The highest BCUT2D eigenvalue weighted by Crippen LogP contribution is 2.48. The van der Waals surface area contributed by atoms with Crippen molar-refractivity contribution in [2.45, 2.75) is 64.4 Å². The van der Waals surface area contributed by atoms with Gasteiger partial charge in [0.05, 0.1) is 5.60 Å². The van der Waals surface area contributed by atoms with Crippen LogP contribution in [0.25, 0.3) is 0 Å². The summed E-state index contributed by atoms with van der Waals surface area (Å²) < 4.78 is 0. The van der Waals surface area contributed by atoms with Crippen LogP contribution in [0.3, 0.4) is 0 Å². The highest BCUT2D eigenvalue weighted by atomic mass is 16.3. The Hall–Kier alpha value is -0.860. The summed E-state index contributed by atoms with van der Waals surface area (Å²) in [6.45, 7) is 4.68. The number of hydrogen-bond donors (Lipinski definition) is 2. The van der Waals surface area contributed by atoms with Crippen LogP contribution in [0, 0.1) is 5.41 Å². The van der Waals surface area contributed by atoms with Crippen LogP contribution in [-0.2, 0) is 12.0 Å². The minimum Gasteiger partial charge on any atom is -0.385 e. The third-order valence-electron chi connectivity index (χ3n) is 5.41. The van der Waals surface area contributed by atoms with Gasteiger partial charge < -0.3 is 10.8 Å². The number of aryl methyl sites for hydroxylation is 1. The van der Waals surface area contributed by atoms with Crippen LogP contribution >= 0.6 is 0 Å². The van der Waals surface area contributed by atoms with Crippen molar-refractivity contribution in [2.75, 3.05) is 6.54 Å². The largest absolute Gasteiger partial charge is 0.385 e. The summed E-state index contributed by atoms with van der Waals surface area (Å²) in [6, 6.07) is 8.43. The number of aliphatic hydroxyl groups is 1. The molecule has 1 atom stereocenters. The van der Waals surface area contributed by atoms with Crippen LogP contribution < -0.4 is 5.73 Å². The molecule has 112 valence electrons. The predicted molar refractivity (Wildman–Crippen MR) is 84.6 cm³/mol. The number of benzene rings is 1. The van der Waals surface area contributed by atoms with Crippen LogP contribution in [0.15, 0.2) is 24.3 Å². The van der Waals surface area contributed by atoms with Gasteiger partial charge in [-0.3, -0.25) is 0 Å². The maximum atomic E-state index is 11.3. The van der Waals surface area contributed by atoms with Crippen LogP contribution in [0.2, 0.25) is 0 Å². The second-order valence-corrected chi connectivity index (χ2v) is 6.52. The fraction of sp³-hybridized carbons (Fsp3) is 0.667. The van der Waals surface area contributed by atoms with Crippen molar-refractivity contribution in [1.29, 1.82) is 0 Å². The predicted octanol–water partition coefficient (Wildman–Crippen LogP) is 3.76. The van der Waals surface area contributed by atoms with Gasteiger partial charge in [0.2, 0.25) is 0 Å². The lowest BCUT2D eigenvalue weighted by molar-refractivity contribution is -0.0814. The maximum Gasteiger partial charge on any atom is 0.0936 e. The molecule has 3 N–H and O–H groups in total. The first-order valence-corrected chi connectivity index (χ1v) is 8.07. The van der Waals surface area contributed by atoms with Crippen molar-refractivity contribution in [3.05, 3.63) is 35.4 Å². The molecule has 1 aromatic carbocycles. The highest BCUT2D eigenvalue weighted by molar-refractivity contribution is 5.29. The Bertz CT molecular complexity index is 414. The Kier molecular flexibility index (Phi) is 4.87. The van der Waals surface area contributed by atoms with Gasteiger partial charge in [-0.25, -0.2) is 0 Å². The summed E-state index contributed by atoms with van der Waals surface area (Å²) >= 11 is 0. The number of nitrogens with two attached hydrogens (primary N) is 1. The smallest absolute Gasteiger partial charge is 0.0936 e. The van der Waals surface area contributed by atoms with Crippen molar-refractivity contribution in [1.82, 2.24) is 0 Å². The van der Waals surface area contributed by atoms with Crippen molar-refractivity contribution >= 4 is 0 Å². The van der Waals surface area contributed by atoms with Crippen molar-refractivity contribution in [2.24, 2.45) is 11.1 Å². The van der Waals surface area contributed by atoms with Gasteiger partial charge in [0.1, 0.15) is 0 Å². The summed E-state index contributed by atoms with van der Waals surface area (Å²) in [6.07, 6.45) is 8.00. The van der Waals surface area contributed by atoms with E-state index in [-0.39, 0.29) is 5.41 Å². The van der Waals surface area contributed by atoms with Gasteiger partial charge in [0.15, 0.2) is 0 Å². The van der Waals surface area contributed by atoms with Gasteiger partial charge in [-0.1, -0.05) is 56.9 Å². The molecular formula is C18H29NO. The first-order chi connectivity index (χ1) is 9.55. The van der Waals surface area contributed by atoms with Gasteiger partial charge in [-0.15, -0.1) is 0 Å². The molecule has 0 bridgehead atoms. The molecule has 0 aliphatic heterocycles. The fourth-order valence-corrected chi connectivity index (χ4v) is 3.67. The highest BCUT2D eigenvalue weighted by Gasteiger charge is 2.46. The molecule has 2 heteroatoms. The van der Waals surface area contributed by atoms with Gasteiger partial charge in [0.25, 0.3) is 0 Å². The first-order valence-electron chi connectivity index (χ1n) is 8.07. The zero-order valence-electron chi connectivity index (χ0n) is 13.0. The molecule has 1 aliphatic rings. The third kappa shape index (κ3) is 2.77. The van der Waals surface area contributed by atoms with E-state index in [9.17, 15) is 5.11 Å². The lowest BCUT2D eigenvalue weighted by Crippen LogP contribution is -2.48. The van der Waals surface area contributed by atoms with E-state index in [1.54, 1.807) is 0 Å². The second kappa shape index (κ2) is 6.28. The Balaban J connectivity index is 2.33. The Morgan fingerprint density at radius 2 is 1.65 bits per heavy atom. The molecule has 1 saturated carbocycles. The molecular weight excluding hydrogens is 246 g/mol. The van der Waals surface area contributed by atoms with Gasteiger partial charge >= 0.3 is 0 Å². The zero-order valence-corrected chi connectivity index (χ0v) is 13.0. The molecule has 0 radical (unpaired) electrons. The number of rotatable bonds is 4. The van der Waals surface area contributed by atoms with Crippen LogP contribution in [0.4, 0.5) is 0 Å². The summed E-state index contributed by atoms with van der Waals surface area (Å²) in [5.74, 6) is 0. The molecule has 20 heavy (non-hydrogen) atoms. The SMILES string of the molecule is CCc1ccc(C(C)(O)C2(CN)CCCCCC2)cc1. The Morgan fingerprint density at radius 1 is 1.10 bits per heavy atom. The van der Waals surface area contributed by atoms with Crippen LogP contribution in [0.5, 0.6) is 0 Å². The van der Waals surface area contributed by atoms with Gasteiger partial charge in [0, 0.05) is 12.0 Å². The molecule has 0 amide bonds. The summed E-state index contributed by atoms with van der Waals surface area (Å²) in [7, 11) is 0. The number of hydrogen-bond acceptors (Lipinski definition) is 2. The van der Waals surface area contributed by atoms with Crippen LogP contribution in [0.1, 0.15) is 63.5 Å². The van der Waals surface area contributed by atoms with E-state index in [1.807, 2.05) is 6.92 Å². The molecule has 1 aromatic rings. The van der Waals surface area contributed by atoms with E-state index in [0.29, 0.717) is 6.54 Å². The summed E-state index contributed by atoms with van der Waals surface area (Å²) in [4.78, 5) is 0. The van der Waals surface area contributed by atoms with Crippen molar-refractivity contribution in [3.8, 4) is 0 Å². The van der Waals surface area contributed by atoms with E-state index in [2.05, 4.69) is 31.2 Å². The quantitative estimate of drug-likeness (QED) is 0.822. The standard InChI is InChI=1S/C18H29NO/c1-3-15-8-10-16(11-9-15)17(2,20)18(14-19)12-6-4-5-7-13-18/h8-11,20H,3-7,12-14,19H2,1-2H3. The lowest BCUT2D eigenvalue weighted by atomic mass is 9.65. The van der Waals surface area contributed by atoms with E-state index in [4.69, 9.17) is 5.73 Å². The Labute approximate surface area is 123 Å². The molecule has 1 fully saturated rings. The van der Waals surface area contributed by atoms with E-state index < -0.39 is 5.60 Å². The molecule has 2 rings (SSSR count). The Morgan fingerprint density at radius 3 is 2.10 bits per heavy atom. The first kappa shape index (κ1) is 15.5. The zero-order chi connectivity index (χ0) is 14.6. The second-order valence-electron chi connectivity index (χ2n) is 6.52. The monoisotopic (exact) mass is 275 g/mol. The van der Waals surface area contributed by atoms with E-state index >= 15 is 0 Å². The molecule has 0 aromatic heterocycles. The normalized spacial score (nSPS) is 22.0. The molecule has 0 spiro atoms. The molecule has 2 nitrogen and oxygen atoms in total. The molecule has 0 heterocycles. The van der Waals surface area contributed by atoms with E-state index in [1.165, 1.54) is 31.2 Å². The van der Waals surface area contributed by atoms with Gasteiger partial charge in [-0.05, 0) is 37.3 Å². The van der Waals surface area contributed by atoms with Gasteiger partial charge in [-0.2, -0.15) is 0 Å². The fourth-order valence-electron chi connectivity index (χ4n) is 3.67. The average molecular weight is 275 g/mol. The molecule has 0 saturated heterocycles. The summed E-state index contributed by atoms with van der Waals surface area (Å²) in [5, 5.41) is 11.3. The van der Waals surface area contributed by atoms with Crippen molar-refractivity contribution in [3.63, 3.8) is 0 Å². The topological polar surface area (TPSA) is 46.2 Å². The molecule has 1 aliphatic carbocycles. The molecule has 1 unspecified atom stereocenters. The minimum atomic E-state index is -0.835. The average Bonchev–Trinajstić information content (AvgIpc) is 2.74. The maximum absolute atomic E-state index is 11.3. The van der Waals surface area contributed by atoms with Crippen molar-refractivity contribution < 1.29 is 5.11 Å².